The van der Waals surface area contributed by atoms with Crippen molar-refractivity contribution in [2.75, 3.05) is 32.7 Å². The minimum absolute atomic E-state index is 0.401. The largest absolute Gasteiger partial charge is 0.370 e. The van der Waals surface area contributed by atoms with E-state index in [0.29, 0.717) is 23.5 Å². The van der Waals surface area contributed by atoms with Gasteiger partial charge in [-0.05, 0) is 92.6 Å². The molecule has 1 aromatic heterocycles. The molecule has 7 nitrogen and oxygen atoms in total. The topological polar surface area (TPSA) is 84.8 Å². The van der Waals surface area contributed by atoms with Gasteiger partial charge in [-0.2, -0.15) is 0 Å². The summed E-state index contributed by atoms with van der Waals surface area (Å²) in [7, 11) is 0. The second-order valence-electron chi connectivity index (χ2n) is 15.1. The van der Waals surface area contributed by atoms with Gasteiger partial charge in [-0.3, -0.25) is 15.4 Å². The van der Waals surface area contributed by atoms with Gasteiger partial charge in [-0.1, -0.05) is 58.9 Å². The number of guanidine groups is 2. The van der Waals surface area contributed by atoms with Crippen molar-refractivity contribution in [3.05, 3.63) is 30.1 Å². The van der Waals surface area contributed by atoms with E-state index in [1.54, 1.807) is 0 Å². The van der Waals surface area contributed by atoms with Crippen molar-refractivity contribution < 1.29 is 0 Å². The summed E-state index contributed by atoms with van der Waals surface area (Å²) in [4.78, 5) is 16.1. The Morgan fingerprint density at radius 2 is 1.71 bits per heavy atom. The highest BCUT2D eigenvalue weighted by Crippen LogP contribution is 2.41. The first-order valence-corrected chi connectivity index (χ1v) is 17.3. The third-order valence-corrected chi connectivity index (χ3v) is 11.1. The average molecular weight is 578 g/mol. The number of nitrogens with one attached hydrogen (secondary N) is 1. The molecule has 5 rings (SSSR count). The molecule has 2 saturated carbocycles. The number of pyridine rings is 1. The number of hydrogen-bond acceptors (Lipinski definition) is 5. The molecular weight excluding hydrogens is 518 g/mol. The van der Waals surface area contributed by atoms with Crippen LogP contribution in [0.25, 0.3) is 0 Å². The molecule has 3 heterocycles. The van der Waals surface area contributed by atoms with Crippen molar-refractivity contribution in [2.24, 2.45) is 33.9 Å². The predicted molar refractivity (Wildman–Crippen MR) is 175 cm³/mol. The van der Waals surface area contributed by atoms with Crippen molar-refractivity contribution in [1.82, 2.24) is 19.7 Å². The van der Waals surface area contributed by atoms with Gasteiger partial charge in [-0.15, -0.1) is 0 Å². The Hall–Kier alpha value is -2.31. The molecular formula is C35H59N7. The van der Waals surface area contributed by atoms with E-state index in [9.17, 15) is 5.41 Å². The van der Waals surface area contributed by atoms with E-state index in [1.807, 2.05) is 18.5 Å². The molecule has 1 saturated heterocycles. The molecule has 3 N–H and O–H groups in total. The predicted octanol–water partition coefficient (Wildman–Crippen LogP) is 6.54. The fourth-order valence-corrected chi connectivity index (χ4v) is 8.32. The van der Waals surface area contributed by atoms with Crippen molar-refractivity contribution >= 4 is 11.9 Å². The molecule has 0 unspecified atom stereocenters. The number of nitrogens with two attached hydrogens (primary N) is 1. The molecule has 4 aliphatic rings. The van der Waals surface area contributed by atoms with Crippen molar-refractivity contribution in [1.29, 1.82) is 5.41 Å². The van der Waals surface area contributed by atoms with Crippen LogP contribution in [0.4, 0.5) is 0 Å². The van der Waals surface area contributed by atoms with Crippen molar-refractivity contribution in [3.63, 3.8) is 0 Å². The molecule has 0 aromatic carbocycles. The van der Waals surface area contributed by atoms with Gasteiger partial charge in [0.15, 0.2) is 11.9 Å². The van der Waals surface area contributed by atoms with E-state index in [2.05, 4.69) is 51.5 Å². The quantitative estimate of drug-likeness (QED) is 0.276. The SMILES string of the molecule is CC(C)(C)C1CCC(CN2C(=N)N(CCCC[C@@H]3CN=C(N)N3CCc3cccnc3)C[C@H]2CC2CCCCC2)CC1. The highest BCUT2D eigenvalue weighted by Gasteiger charge is 2.38. The molecule has 0 radical (unpaired) electrons. The molecule has 234 valence electrons. The molecule has 2 atom stereocenters. The molecule has 1 aromatic rings. The van der Waals surface area contributed by atoms with E-state index >= 15 is 0 Å². The number of unbranched alkanes of at least 4 members (excludes halogenated alkanes) is 1. The lowest BCUT2D eigenvalue weighted by atomic mass is 9.70. The first-order chi connectivity index (χ1) is 20.3. The normalized spacial score (nSPS) is 27.6. The van der Waals surface area contributed by atoms with Gasteiger partial charge < -0.3 is 20.4 Å². The van der Waals surface area contributed by atoms with Gasteiger partial charge in [0.2, 0.25) is 0 Å². The Balaban J connectivity index is 1.10. The fourth-order valence-electron chi connectivity index (χ4n) is 8.32. The molecule has 7 heteroatoms. The van der Waals surface area contributed by atoms with Crippen LogP contribution in [0.15, 0.2) is 29.5 Å². The molecule has 2 aliphatic carbocycles. The molecule has 2 aliphatic heterocycles. The van der Waals surface area contributed by atoms with Crippen LogP contribution < -0.4 is 5.73 Å². The number of nitrogens with zero attached hydrogens (tertiary/aromatic N) is 5. The third-order valence-electron chi connectivity index (χ3n) is 11.1. The fraction of sp³-hybridized carbons (Fsp3) is 0.800. The smallest absolute Gasteiger partial charge is 0.194 e. The van der Waals surface area contributed by atoms with Gasteiger partial charge in [0.1, 0.15) is 0 Å². The summed E-state index contributed by atoms with van der Waals surface area (Å²) in [5.74, 6) is 3.99. The lowest BCUT2D eigenvalue weighted by molar-refractivity contribution is 0.131. The molecule has 42 heavy (non-hydrogen) atoms. The van der Waals surface area contributed by atoms with Crippen LogP contribution in [0.3, 0.4) is 0 Å². The zero-order valence-electron chi connectivity index (χ0n) is 26.9. The van der Waals surface area contributed by atoms with Crippen molar-refractivity contribution in [2.45, 2.75) is 123 Å². The standard InChI is InChI=1S/C35H59N7/c1-35(2,3)30-16-14-29(15-17-30)25-42-32(22-27-10-5-4-6-11-27)26-40(34(42)37)20-8-7-13-31-24-39-33(36)41(31)21-18-28-12-9-19-38-23-28/h9,12,19,23,27,29-32,37H,4-8,10-11,13-18,20-22,24-26H2,1-3H3,(H2,36,39)/t29?,30?,31-,32-/m1/s1. The Morgan fingerprint density at radius 1 is 0.929 bits per heavy atom. The Kier molecular flexibility index (Phi) is 10.7. The van der Waals surface area contributed by atoms with Gasteiger partial charge in [0.05, 0.1) is 12.6 Å². The Bertz CT molecular complexity index is 1000. The van der Waals surface area contributed by atoms with Crippen molar-refractivity contribution in [3.8, 4) is 0 Å². The van der Waals surface area contributed by atoms with Crippen LogP contribution in [0.2, 0.25) is 0 Å². The second-order valence-corrected chi connectivity index (χ2v) is 15.1. The van der Waals surface area contributed by atoms with Gasteiger partial charge >= 0.3 is 0 Å². The lowest BCUT2D eigenvalue weighted by Gasteiger charge is -2.39. The maximum atomic E-state index is 9.27. The first kappa shape index (κ1) is 31.1. The van der Waals surface area contributed by atoms with E-state index < -0.39 is 0 Å². The lowest BCUT2D eigenvalue weighted by Crippen LogP contribution is -2.42. The molecule has 0 amide bonds. The van der Waals surface area contributed by atoms with E-state index in [-0.39, 0.29) is 0 Å². The third kappa shape index (κ3) is 8.19. The Labute approximate surface area is 256 Å². The van der Waals surface area contributed by atoms with Gasteiger partial charge in [0.25, 0.3) is 0 Å². The molecule has 0 bridgehead atoms. The molecule has 3 fully saturated rings. The summed E-state index contributed by atoms with van der Waals surface area (Å²) in [6, 6.07) is 5.08. The highest BCUT2D eigenvalue weighted by molar-refractivity contribution is 5.80. The maximum Gasteiger partial charge on any atom is 0.194 e. The summed E-state index contributed by atoms with van der Waals surface area (Å²) in [6.45, 7) is 12.1. The van der Waals surface area contributed by atoms with E-state index in [1.165, 1.54) is 69.8 Å². The highest BCUT2D eigenvalue weighted by atomic mass is 15.4. The van der Waals surface area contributed by atoms with Crippen LogP contribution in [0.1, 0.15) is 110 Å². The summed E-state index contributed by atoms with van der Waals surface area (Å²) in [5.41, 5.74) is 7.96. The van der Waals surface area contributed by atoms with E-state index in [4.69, 9.17) is 5.73 Å². The first-order valence-electron chi connectivity index (χ1n) is 17.3. The summed E-state index contributed by atoms with van der Waals surface area (Å²) < 4.78 is 0. The molecule has 0 spiro atoms. The minimum Gasteiger partial charge on any atom is -0.370 e. The zero-order chi connectivity index (χ0) is 29.5. The van der Waals surface area contributed by atoms with Gasteiger partial charge in [0, 0.05) is 44.6 Å². The van der Waals surface area contributed by atoms with Crippen LogP contribution in [0, 0.1) is 28.6 Å². The monoisotopic (exact) mass is 577 g/mol. The summed E-state index contributed by atoms with van der Waals surface area (Å²) in [5, 5.41) is 9.27. The van der Waals surface area contributed by atoms with Gasteiger partial charge in [-0.25, -0.2) is 0 Å². The number of aliphatic imine (C=N–C) groups is 1. The number of hydrogen-bond donors (Lipinski definition) is 2. The summed E-state index contributed by atoms with van der Waals surface area (Å²) >= 11 is 0. The summed E-state index contributed by atoms with van der Waals surface area (Å²) in [6.07, 6.45) is 21.9. The maximum absolute atomic E-state index is 9.27. The average Bonchev–Trinajstić information content (AvgIpc) is 3.48. The minimum atomic E-state index is 0.401. The Morgan fingerprint density at radius 3 is 2.43 bits per heavy atom. The second kappa shape index (κ2) is 14.4. The van der Waals surface area contributed by atoms with E-state index in [0.717, 1.165) is 82.1 Å². The number of aromatic nitrogens is 1. The van der Waals surface area contributed by atoms with Crippen LogP contribution in [-0.4, -0.2) is 76.4 Å². The van der Waals surface area contributed by atoms with Crippen LogP contribution in [-0.2, 0) is 6.42 Å². The van der Waals surface area contributed by atoms with Crippen LogP contribution >= 0.6 is 0 Å². The zero-order valence-corrected chi connectivity index (χ0v) is 26.9. The number of rotatable bonds is 12. The van der Waals surface area contributed by atoms with Crippen LogP contribution in [0.5, 0.6) is 0 Å².